The van der Waals surface area contributed by atoms with Gasteiger partial charge in [0.05, 0.1) is 12.1 Å². The summed E-state index contributed by atoms with van der Waals surface area (Å²) in [4.78, 5) is 13.8. The number of nitrogens with one attached hydrogen (secondary N) is 1. The molecule has 5 heteroatoms. The Labute approximate surface area is 102 Å². The number of urea groups is 1. The number of hydrogen-bond donors (Lipinski definition) is 2. The Morgan fingerprint density at radius 2 is 2.29 bits per heavy atom. The molecule has 0 aromatic carbocycles. The Kier molecular flexibility index (Phi) is 2.75. The number of rotatable bonds is 1. The Bertz CT molecular complexity index is 317. The summed E-state index contributed by atoms with van der Waals surface area (Å²) in [6.07, 6.45) is 4.25. The summed E-state index contributed by atoms with van der Waals surface area (Å²) in [5.74, 6) is 0.450. The van der Waals surface area contributed by atoms with E-state index in [4.69, 9.17) is 10.5 Å². The molecule has 3 fully saturated rings. The second-order valence-corrected chi connectivity index (χ2v) is 5.53. The van der Waals surface area contributed by atoms with Gasteiger partial charge in [-0.25, -0.2) is 4.79 Å². The molecule has 3 atom stereocenters. The predicted molar refractivity (Wildman–Crippen MR) is 63.6 cm³/mol. The van der Waals surface area contributed by atoms with Crippen molar-refractivity contribution in [1.82, 2.24) is 10.2 Å². The molecular weight excluding hydrogens is 218 g/mol. The first-order valence-corrected chi connectivity index (χ1v) is 6.61. The van der Waals surface area contributed by atoms with Gasteiger partial charge in [0.25, 0.3) is 0 Å². The summed E-state index contributed by atoms with van der Waals surface area (Å²) in [5.41, 5.74) is 5.55. The molecule has 0 spiro atoms. The van der Waals surface area contributed by atoms with Gasteiger partial charge in [-0.15, -0.1) is 0 Å². The monoisotopic (exact) mass is 239 g/mol. The second-order valence-electron chi connectivity index (χ2n) is 5.53. The van der Waals surface area contributed by atoms with Crippen molar-refractivity contribution >= 4 is 6.03 Å². The lowest BCUT2D eigenvalue weighted by molar-refractivity contribution is 0.0756. The maximum Gasteiger partial charge on any atom is 0.315 e. The van der Waals surface area contributed by atoms with Crippen molar-refractivity contribution in [2.75, 3.05) is 26.3 Å². The number of nitrogens with zero attached hydrogens (tertiary/aromatic N) is 1. The van der Waals surface area contributed by atoms with E-state index >= 15 is 0 Å². The van der Waals surface area contributed by atoms with Crippen LogP contribution < -0.4 is 11.1 Å². The van der Waals surface area contributed by atoms with Gasteiger partial charge in [-0.3, -0.25) is 0 Å². The molecule has 3 heterocycles. The van der Waals surface area contributed by atoms with Gasteiger partial charge in [-0.1, -0.05) is 0 Å². The fourth-order valence-electron chi connectivity index (χ4n) is 3.95. The number of carbonyl (C=O) groups excluding carboxylic acids is 1. The van der Waals surface area contributed by atoms with Crippen LogP contribution in [0.3, 0.4) is 0 Å². The highest BCUT2D eigenvalue weighted by Gasteiger charge is 2.54. The van der Waals surface area contributed by atoms with Crippen molar-refractivity contribution in [3.8, 4) is 0 Å². The Morgan fingerprint density at radius 3 is 3.00 bits per heavy atom. The molecule has 2 bridgehead atoms. The van der Waals surface area contributed by atoms with Crippen LogP contribution in [0.15, 0.2) is 0 Å². The molecule has 0 radical (unpaired) electrons. The lowest BCUT2D eigenvalue weighted by atomic mass is 9.80. The minimum absolute atomic E-state index is 0.0799. The van der Waals surface area contributed by atoms with Crippen LogP contribution >= 0.6 is 0 Å². The molecule has 2 amide bonds. The molecule has 0 aromatic rings. The van der Waals surface area contributed by atoms with Crippen LogP contribution in [0.4, 0.5) is 4.79 Å². The first kappa shape index (κ1) is 11.3. The van der Waals surface area contributed by atoms with Gasteiger partial charge in [0, 0.05) is 25.1 Å². The normalized spacial score (nSPS) is 41.5. The van der Waals surface area contributed by atoms with E-state index < -0.39 is 0 Å². The van der Waals surface area contributed by atoms with Crippen molar-refractivity contribution in [3.63, 3.8) is 0 Å². The summed E-state index contributed by atoms with van der Waals surface area (Å²) < 4.78 is 5.52. The highest BCUT2D eigenvalue weighted by Crippen LogP contribution is 2.44. The standard InChI is InChI=1S/C12H21N3O2/c13-11(16)15-10-1-4-12(15,8-14-5-2-10)9-3-6-17-7-9/h9-10,14H,1-8H2,(H2,13,16). The molecule has 3 aliphatic heterocycles. The topological polar surface area (TPSA) is 67.6 Å². The molecule has 0 aliphatic carbocycles. The first-order valence-electron chi connectivity index (χ1n) is 6.61. The lowest BCUT2D eigenvalue weighted by Gasteiger charge is -2.42. The van der Waals surface area contributed by atoms with Crippen LogP contribution in [0.2, 0.25) is 0 Å². The highest BCUT2D eigenvalue weighted by molar-refractivity contribution is 5.74. The Morgan fingerprint density at radius 1 is 1.41 bits per heavy atom. The number of primary amides is 1. The zero-order chi connectivity index (χ0) is 11.9. The number of nitrogens with two attached hydrogens (primary N) is 1. The third-order valence-electron chi connectivity index (χ3n) is 4.77. The van der Waals surface area contributed by atoms with Crippen molar-refractivity contribution in [3.05, 3.63) is 0 Å². The van der Waals surface area contributed by atoms with Crippen molar-refractivity contribution in [2.24, 2.45) is 11.7 Å². The van der Waals surface area contributed by atoms with Gasteiger partial charge < -0.3 is 20.7 Å². The third kappa shape index (κ3) is 1.64. The van der Waals surface area contributed by atoms with E-state index in [1.165, 1.54) is 0 Å². The van der Waals surface area contributed by atoms with Gasteiger partial charge >= 0.3 is 6.03 Å². The summed E-state index contributed by atoms with van der Waals surface area (Å²) >= 11 is 0. The molecule has 3 rings (SSSR count). The zero-order valence-electron chi connectivity index (χ0n) is 10.2. The van der Waals surface area contributed by atoms with Crippen molar-refractivity contribution < 1.29 is 9.53 Å². The van der Waals surface area contributed by atoms with E-state index in [0.29, 0.717) is 12.0 Å². The second kappa shape index (κ2) is 4.14. The van der Waals surface area contributed by atoms with Gasteiger partial charge in [-0.05, 0) is 32.2 Å². The van der Waals surface area contributed by atoms with Gasteiger partial charge in [0.15, 0.2) is 0 Å². The van der Waals surface area contributed by atoms with Crippen LogP contribution in [0.25, 0.3) is 0 Å². The van der Waals surface area contributed by atoms with Crippen LogP contribution in [-0.2, 0) is 4.74 Å². The molecule has 17 heavy (non-hydrogen) atoms. The fourth-order valence-corrected chi connectivity index (χ4v) is 3.95. The molecular formula is C12H21N3O2. The number of hydrogen-bond acceptors (Lipinski definition) is 3. The van der Waals surface area contributed by atoms with E-state index in [0.717, 1.165) is 52.0 Å². The third-order valence-corrected chi connectivity index (χ3v) is 4.77. The van der Waals surface area contributed by atoms with Crippen LogP contribution in [0, 0.1) is 5.92 Å². The minimum Gasteiger partial charge on any atom is -0.381 e. The van der Waals surface area contributed by atoms with E-state index in [1.807, 2.05) is 4.90 Å². The number of fused-ring (bicyclic) bond motifs is 2. The quantitative estimate of drug-likeness (QED) is 0.691. The molecule has 3 N–H and O–H groups in total. The smallest absolute Gasteiger partial charge is 0.315 e. The predicted octanol–water partition coefficient (Wildman–Crippen LogP) is 0.298. The van der Waals surface area contributed by atoms with Gasteiger partial charge in [-0.2, -0.15) is 0 Å². The van der Waals surface area contributed by atoms with Crippen LogP contribution in [-0.4, -0.2) is 48.8 Å². The van der Waals surface area contributed by atoms with Crippen molar-refractivity contribution in [1.29, 1.82) is 0 Å². The maximum absolute atomic E-state index is 11.8. The van der Waals surface area contributed by atoms with Gasteiger partial charge in [0.1, 0.15) is 0 Å². The molecule has 0 saturated carbocycles. The molecule has 96 valence electrons. The van der Waals surface area contributed by atoms with Crippen LogP contribution in [0.1, 0.15) is 25.7 Å². The van der Waals surface area contributed by atoms with E-state index in [9.17, 15) is 4.79 Å². The lowest BCUT2D eigenvalue weighted by Crippen LogP contribution is -2.59. The summed E-state index contributed by atoms with van der Waals surface area (Å²) in [6, 6.07) is 0.0891. The van der Waals surface area contributed by atoms with E-state index in [1.54, 1.807) is 0 Å². The van der Waals surface area contributed by atoms with Gasteiger partial charge in [0.2, 0.25) is 0 Å². The SMILES string of the molecule is NC(=O)N1C2CCNCC1(C1CCOC1)CC2. The maximum atomic E-state index is 11.8. The minimum atomic E-state index is -0.247. The molecule has 0 aromatic heterocycles. The van der Waals surface area contributed by atoms with E-state index in [2.05, 4.69) is 5.32 Å². The van der Waals surface area contributed by atoms with Crippen LogP contribution in [0.5, 0.6) is 0 Å². The molecule has 5 nitrogen and oxygen atoms in total. The summed E-state index contributed by atoms with van der Waals surface area (Å²) in [5, 5.41) is 3.48. The number of ether oxygens (including phenoxy) is 1. The Hall–Kier alpha value is -0.810. The van der Waals surface area contributed by atoms with Crippen molar-refractivity contribution in [2.45, 2.75) is 37.3 Å². The Balaban J connectivity index is 1.94. The molecule has 3 unspecified atom stereocenters. The number of carbonyl (C=O) groups is 1. The molecule has 3 aliphatic rings. The zero-order valence-corrected chi connectivity index (χ0v) is 10.2. The largest absolute Gasteiger partial charge is 0.381 e. The first-order chi connectivity index (χ1) is 8.24. The highest BCUT2D eigenvalue weighted by atomic mass is 16.5. The summed E-state index contributed by atoms with van der Waals surface area (Å²) in [7, 11) is 0. The average Bonchev–Trinajstić information content (AvgIpc) is 2.85. The number of amides is 2. The fraction of sp³-hybridized carbons (Fsp3) is 0.917. The average molecular weight is 239 g/mol. The molecule has 3 saturated heterocycles. The summed E-state index contributed by atoms with van der Waals surface area (Å²) in [6.45, 7) is 3.46. The van der Waals surface area contributed by atoms with E-state index in [-0.39, 0.29) is 11.6 Å².